The standard InChI is InChI=1S/C26H29FN2O2/c1-30-24-14-7-3-10-20(24)18-28-16-9-17-29(19-21-11-4-8-15-25(21)31-2)26(28)22-12-5-6-13-23(22)27/h3-8,10-15,26H,9,16-19H2,1-2H3. The van der Waals surface area contributed by atoms with Gasteiger partial charge in [-0.1, -0.05) is 54.6 Å². The Labute approximate surface area is 183 Å². The molecule has 0 spiro atoms. The van der Waals surface area contributed by atoms with Gasteiger partial charge in [0.25, 0.3) is 0 Å². The molecule has 3 aromatic rings. The van der Waals surface area contributed by atoms with Crippen molar-refractivity contribution in [1.82, 2.24) is 9.80 Å². The van der Waals surface area contributed by atoms with Gasteiger partial charge in [0, 0.05) is 42.9 Å². The molecule has 0 bridgehead atoms. The van der Waals surface area contributed by atoms with E-state index in [1.165, 1.54) is 0 Å². The van der Waals surface area contributed by atoms with Crippen LogP contribution in [0, 0.1) is 5.82 Å². The van der Waals surface area contributed by atoms with E-state index in [4.69, 9.17) is 9.47 Å². The molecule has 162 valence electrons. The summed E-state index contributed by atoms with van der Waals surface area (Å²) in [6.45, 7) is 3.15. The topological polar surface area (TPSA) is 24.9 Å². The highest BCUT2D eigenvalue weighted by molar-refractivity contribution is 5.35. The highest BCUT2D eigenvalue weighted by atomic mass is 19.1. The Hall–Kier alpha value is -2.89. The largest absolute Gasteiger partial charge is 0.496 e. The molecule has 1 aliphatic heterocycles. The van der Waals surface area contributed by atoms with E-state index in [2.05, 4.69) is 21.9 Å². The number of para-hydroxylation sites is 2. The van der Waals surface area contributed by atoms with Crippen LogP contribution in [0.25, 0.3) is 0 Å². The van der Waals surface area contributed by atoms with E-state index >= 15 is 0 Å². The van der Waals surface area contributed by atoms with E-state index in [0.717, 1.165) is 42.1 Å². The van der Waals surface area contributed by atoms with Crippen molar-refractivity contribution < 1.29 is 13.9 Å². The third-order valence-corrected chi connectivity index (χ3v) is 5.90. The molecule has 4 nitrogen and oxygen atoms in total. The zero-order valence-corrected chi connectivity index (χ0v) is 18.1. The summed E-state index contributed by atoms with van der Waals surface area (Å²) in [7, 11) is 3.38. The molecule has 0 unspecified atom stereocenters. The Balaban J connectivity index is 1.69. The van der Waals surface area contributed by atoms with Crippen LogP contribution in [0.3, 0.4) is 0 Å². The molecule has 5 heteroatoms. The second-order valence-electron chi connectivity index (χ2n) is 7.81. The maximum atomic E-state index is 15.0. The van der Waals surface area contributed by atoms with Gasteiger partial charge in [0.05, 0.1) is 20.4 Å². The quantitative estimate of drug-likeness (QED) is 0.521. The predicted molar refractivity (Wildman–Crippen MR) is 121 cm³/mol. The molecular weight excluding hydrogens is 391 g/mol. The van der Waals surface area contributed by atoms with Gasteiger partial charge < -0.3 is 9.47 Å². The van der Waals surface area contributed by atoms with Crippen LogP contribution in [0.4, 0.5) is 4.39 Å². The van der Waals surface area contributed by atoms with Crippen LogP contribution in [0.15, 0.2) is 72.8 Å². The van der Waals surface area contributed by atoms with Crippen molar-refractivity contribution in [3.63, 3.8) is 0 Å². The molecule has 31 heavy (non-hydrogen) atoms. The van der Waals surface area contributed by atoms with Gasteiger partial charge in [-0.15, -0.1) is 0 Å². The van der Waals surface area contributed by atoms with Gasteiger partial charge in [0.2, 0.25) is 0 Å². The lowest BCUT2D eigenvalue weighted by Gasteiger charge is -2.44. The van der Waals surface area contributed by atoms with Gasteiger partial charge in [0.1, 0.15) is 17.3 Å². The smallest absolute Gasteiger partial charge is 0.129 e. The summed E-state index contributed by atoms with van der Waals surface area (Å²) >= 11 is 0. The van der Waals surface area contributed by atoms with E-state index in [1.54, 1.807) is 26.4 Å². The second-order valence-corrected chi connectivity index (χ2v) is 7.81. The van der Waals surface area contributed by atoms with E-state index in [-0.39, 0.29) is 12.0 Å². The fraction of sp³-hybridized carbons (Fsp3) is 0.308. The van der Waals surface area contributed by atoms with Crippen LogP contribution in [-0.4, -0.2) is 37.1 Å². The first-order valence-electron chi connectivity index (χ1n) is 10.7. The number of methoxy groups -OCH3 is 2. The molecule has 0 aromatic heterocycles. The molecule has 1 aliphatic rings. The summed E-state index contributed by atoms with van der Waals surface area (Å²) in [4.78, 5) is 4.68. The average molecular weight is 421 g/mol. The molecule has 0 aliphatic carbocycles. The van der Waals surface area contributed by atoms with Crippen LogP contribution in [-0.2, 0) is 13.1 Å². The summed E-state index contributed by atoms with van der Waals surface area (Å²) in [5.74, 6) is 1.54. The van der Waals surface area contributed by atoms with Crippen molar-refractivity contribution in [1.29, 1.82) is 0 Å². The molecule has 0 amide bonds. The Bertz CT molecular complexity index is 952. The van der Waals surface area contributed by atoms with E-state index in [9.17, 15) is 4.39 Å². The summed E-state index contributed by atoms with van der Waals surface area (Å²) in [5.41, 5.74) is 2.91. The first kappa shape index (κ1) is 21.3. The average Bonchev–Trinajstić information content (AvgIpc) is 2.81. The third-order valence-electron chi connectivity index (χ3n) is 5.90. The molecule has 0 N–H and O–H groups in total. The molecule has 1 fully saturated rings. The minimum atomic E-state index is -0.176. The van der Waals surface area contributed by atoms with E-state index in [1.807, 2.05) is 48.5 Å². The van der Waals surface area contributed by atoms with Gasteiger partial charge in [-0.3, -0.25) is 9.80 Å². The second kappa shape index (κ2) is 9.94. The molecule has 1 saturated heterocycles. The lowest BCUT2D eigenvalue weighted by atomic mass is 10.0. The monoisotopic (exact) mass is 420 g/mol. The fourth-order valence-electron chi connectivity index (χ4n) is 4.47. The maximum absolute atomic E-state index is 15.0. The lowest BCUT2D eigenvalue weighted by Crippen LogP contribution is -2.47. The minimum Gasteiger partial charge on any atom is -0.496 e. The molecule has 3 aromatic carbocycles. The summed E-state index contributed by atoms with van der Waals surface area (Å²) in [5, 5.41) is 0. The van der Waals surface area contributed by atoms with Crippen molar-refractivity contribution in [2.45, 2.75) is 25.7 Å². The van der Waals surface area contributed by atoms with Crippen LogP contribution in [0.2, 0.25) is 0 Å². The Kier molecular flexibility index (Phi) is 6.85. The van der Waals surface area contributed by atoms with Crippen LogP contribution in [0.5, 0.6) is 11.5 Å². The fourth-order valence-corrected chi connectivity index (χ4v) is 4.47. The molecule has 1 heterocycles. The number of ether oxygens (including phenoxy) is 2. The summed E-state index contributed by atoms with van der Waals surface area (Å²) in [6, 6.07) is 23.2. The first-order chi connectivity index (χ1) is 15.2. The number of benzene rings is 3. The normalized spacial score (nSPS) is 15.7. The van der Waals surface area contributed by atoms with Crippen LogP contribution in [0.1, 0.15) is 29.3 Å². The Morgan fingerprint density at radius 1 is 0.742 bits per heavy atom. The van der Waals surface area contributed by atoms with Gasteiger partial charge >= 0.3 is 0 Å². The highest BCUT2D eigenvalue weighted by Crippen LogP contribution is 2.35. The SMILES string of the molecule is COc1ccccc1CN1CCCN(Cc2ccccc2OC)C1c1ccccc1F. The maximum Gasteiger partial charge on any atom is 0.129 e. The predicted octanol–water partition coefficient (Wildman–Crippen LogP) is 5.25. The van der Waals surface area contributed by atoms with Crippen molar-refractivity contribution in [2.24, 2.45) is 0 Å². The van der Waals surface area contributed by atoms with Crippen LogP contribution < -0.4 is 9.47 Å². The zero-order chi connectivity index (χ0) is 21.6. The summed E-state index contributed by atoms with van der Waals surface area (Å²) in [6.07, 6.45) is 0.833. The first-order valence-corrected chi connectivity index (χ1v) is 10.7. The van der Waals surface area contributed by atoms with Gasteiger partial charge in [-0.25, -0.2) is 4.39 Å². The minimum absolute atomic E-state index is 0.176. The number of nitrogens with zero attached hydrogens (tertiary/aromatic N) is 2. The van der Waals surface area contributed by atoms with Crippen molar-refractivity contribution in [3.8, 4) is 11.5 Å². The third kappa shape index (κ3) is 4.73. The molecule has 4 rings (SSSR count). The number of rotatable bonds is 7. The number of halogens is 1. The van der Waals surface area contributed by atoms with E-state index in [0.29, 0.717) is 18.7 Å². The number of hydrogen-bond acceptors (Lipinski definition) is 4. The van der Waals surface area contributed by atoms with Gasteiger partial charge in [-0.2, -0.15) is 0 Å². The van der Waals surface area contributed by atoms with Crippen LogP contribution >= 0.6 is 0 Å². The molecule has 0 atom stereocenters. The Morgan fingerprint density at radius 2 is 1.23 bits per heavy atom. The molecule has 0 saturated carbocycles. The zero-order valence-electron chi connectivity index (χ0n) is 18.1. The van der Waals surface area contributed by atoms with Crippen molar-refractivity contribution >= 4 is 0 Å². The molecular formula is C26H29FN2O2. The van der Waals surface area contributed by atoms with Crippen molar-refractivity contribution in [3.05, 3.63) is 95.3 Å². The van der Waals surface area contributed by atoms with E-state index < -0.39 is 0 Å². The Morgan fingerprint density at radius 3 is 1.74 bits per heavy atom. The van der Waals surface area contributed by atoms with Gasteiger partial charge in [0.15, 0.2) is 0 Å². The lowest BCUT2D eigenvalue weighted by molar-refractivity contribution is -0.0118. The summed E-state index contributed by atoms with van der Waals surface area (Å²) < 4.78 is 26.1. The molecule has 0 radical (unpaired) electrons. The number of hydrogen-bond donors (Lipinski definition) is 0. The van der Waals surface area contributed by atoms with Crippen molar-refractivity contribution in [2.75, 3.05) is 27.3 Å². The van der Waals surface area contributed by atoms with Gasteiger partial charge in [-0.05, 0) is 24.6 Å². The highest BCUT2D eigenvalue weighted by Gasteiger charge is 2.33.